The third-order valence-corrected chi connectivity index (χ3v) is 4.11. The van der Waals surface area contributed by atoms with E-state index < -0.39 is 0 Å². The van der Waals surface area contributed by atoms with Crippen LogP contribution in [0.25, 0.3) is 0 Å². The summed E-state index contributed by atoms with van der Waals surface area (Å²) < 4.78 is 0.836. The van der Waals surface area contributed by atoms with Gasteiger partial charge in [0.25, 0.3) is 5.91 Å². The highest BCUT2D eigenvalue weighted by atomic mass is 79.9. The molecular weight excluding hydrogens is 326 g/mol. The van der Waals surface area contributed by atoms with Gasteiger partial charge in [-0.05, 0) is 52.5 Å². The molecule has 0 saturated carbocycles. The lowest BCUT2D eigenvalue weighted by Gasteiger charge is -2.19. The second-order valence-electron chi connectivity index (χ2n) is 5.21. The summed E-state index contributed by atoms with van der Waals surface area (Å²) in [7, 11) is 0. The number of hydrogen-bond acceptors (Lipinski definition) is 1. The maximum absolute atomic E-state index is 12.5. The molecule has 0 radical (unpaired) electrons. The van der Waals surface area contributed by atoms with E-state index in [2.05, 4.69) is 40.3 Å². The Kier molecular flexibility index (Phi) is 5.57. The number of nitrogens with one attached hydrogen (secondary N) is 1. The van der Waals surface area contributed by atoms with Crippen LogP contribution in [0.5, 0.6) is 0 Å². The van der Waals surface area contributed by atoms with Gasteiger partial charge in [-0.15, -0.1) is 0 Å². The lowest BCUT2D eigenvalue weighted by Crippen LogP contribution is -2.28. The minimum atomic E-state index is -0.0378. The number of carbonyl (C=O) groups excluding carboxylic acids is 1. The molecule has 1 atom stereocenters. The van der Waals surface area contributed by atoms with Crippen LogP contribution in [0.3, 0.4) is 0 Å². The Morgan fingerprint density at radius 3 is 2.52 bits per heavy atom. The van der Waals surface area contributed by atoms with Crippen LogP contribution in [0.2, 0.25) is 0 Å². The molecule has 110 valence electrons. The van der Waals surface area contributed by atoms with Crippen LogP contribution in [0, 0.1) is 6.92 Å². The topological polar surface area (TPSA) is 29.1 Å². The second-order valence-corrected chi connectivity index (χ2v) is 6.06. The number of benzene rings is 2. The molecule has 0 spiro atoms. The molecule has 0 aromatic heterocycles. The maximum Gasteiger partial charge on any atom is 0.252 e. The fourth-order valence-electron chi connectivity index (χ4n) is 2.34. The van der Waals surface area contributed by atoms with Crippen molar-refractivity contribution >= 4 is 21.8 Å². The quantitative estimate of drug-likeness (QED) is 0.808. The molecule has 0 aliphatic rings. The van der Waals surface area contributed by atoms with Gasteiger partial charge in [0.1, 0.15) is 0 Å². The van der Waals surface area contributed by atoms with Gasteiger partial charge >= 0.3 is 0 Å². The molecule has 1 unspecified atom stereocenters. The fraction of sp³-hybridized carbons (Fsp3) is 0.278. The number of halogens is 1. The van der Waals surface area contributed by atoms with Crippen molar-refractivity contribution in [2.24, 2.45) is 0 Å². The van der Waals surface area contributed by atoms with E-state index in [0.717, 1.165) is 28.4 Å². The fourth-order valence-corrected chi connectivity index (χ4v) is 3.01. The maximum atomic E-state index is 12.5. The summed E-state index contributed by atoms with van der Waals surface area (Å²) in [6, 6.07) is 16.0. The van der Waals surface area contributed by atoms with E-state index in [1.54, 1.807) is 0 Å². The monoisotopic (exact) mass is 345 g/mol. The predicted molar refractivity (Wildman–Crippen MR) is 90.4 cm³/mol. The van der Waals surface area contributed by atoms with E-state index in [0.29, 0.717) is 5.56 Å². The highest BCUT2D eigenvalue weighted by Gasteiger charge is 2.16. The molecule has 0 heterocycles. The average Bonchev–Trinajstić information content (AvgIpc) is 2.47. The Balaban J connectivity index is 2.18. The first-order chi connectivity index (χ1) is 10.1. The van der Waals surface area contributed by atoms with Crippen LogP contribution >= 0.6 is 15.9 Å². The number of aryl methyl sites for hydroxylation is 1. The SMILES string of the molecule is CCCC(NC(=O)c1ccc(C)cc1Br)c1ccccc1. The number of carbonyl (C=O) groups is 1. The van der Waals surface area contributed by atoms with Gasteiger partial charge in [0.2, 0.25) is 0 Å². The zero-order valence-corrected chi connectivity index (χ0v) is 14.0. The average molecular weight is 346 g/mol. The molecule has 3 heteroatoms. The Labute approximate surface area is 134 Å². The molecule has 21 heavy (non-hydrogen) atoms. The van der Waals surface area contributed by atoms with Crippen LogP contribution in [0.15, 0.2) is 53.0 Å². The summed E-state index contributed by atoms with van der Waals surface area (Å²) in [5.74, 6) is -0.0378. The largest absolute Gasteiger partial charge is 0.345 e. The van der Waals surface area contributed by atoms with Gasteiger partial charge in [0.15, 0.2) is 0 Å². The summed E-state index contributed by atoms with van der Waals surface area (Å²) in [5, 5.41) is 3.14. The Hall–Kier alpha value is -1.61. The van der Waals surface area contributed by atoms with Crippen molar-refractivity contribution in [3.63, 3.8) is 0 Å². The van der Waals surface area contributed by atoms with Gasteiger partial charge < -0.3 is 5.32 Å². The standard InChI is InChI=1S/C18H20BrNO/c1-3-7-17(14-8-5-4-6-9-14)20-18(21)15-11-10-13(2)12-16(15)19/h4-6,8-12,17H,3,7H2,1-2H3,(H,20,21). The molecular formula is C18H20BrNO. The van der Waals surface area contributed by atoms with E-state index in [-0.39, 0.29) is 11.9 Å². The van der Waals surface area contributed by atoms with Crippen LogP contribution in [-0.4, -0.2) is 5.91 Å². The highest BCUT2D eigenvalue weighted by Crippen LogP contribution is 2.22. The Morgan fingerprint density at radius 2 is 1.90 bits per heavy atom. The smallest absolute Gasteiger partial charge is 0.252 e. The minimum Gasteiger partial charge on any atom is -0.345 e. The van der Waals surface area contributed by atoms with Crippen molar-refractivity contribution in [1.29, 1.82) is 0 Å². The second kappa shape index (κ2) is 7.41. The van der Waals surface area contributed by atoms with Crippen molar-refractivity contribution < 1.29 is 4.79 Å². The third-order valence-electron chi connectivity index (χ3n) is 3.45. The van der Waals surface area contributed by atoms with Crippen molar-refractivity contribution in [3.05, 3.63) is 69.7 Å². The van der Waals surface area contributed by atoms with E-state index in [9.17, 15) is 4.79 Å². The molecule has 2 aromatic carbocycles. The van der Waals surface area contributed by atoms with Crippen molar-refractivity contribution in [2.45, 2.75) is 32.7 Å². The molecule has 0 aliphatic carbocycles. The molecule has 2 rings (SSSR count). The van der Waals surface area contributed by atoms with E-state index in [1.165, 1.54) is 0 Å². The normalized spacial score (nSPS) is 12.0. The number of amides is 1. The number of rotatable bonds is 5. The van der Waals surface area contributed by atoms with Crippen molar-refractivity contribution in [2.75, 3.05) is 0 Å². The first kappa shape index (κ1) is 15.8. The van der Waals surface area contributed by atoms with Gasteiger partial charge in [0, 0.05) is 4.47 Å². The molecule has 2 nitrogen and oxygen atoms in total. The van der Waals surface area contributed by atoms with E-state index in [1.807, 2.05) is 43.3 Å². The summed E-state index contributed by atoms with van der Waals surface area (Å²) >= 11 is 3.47. The van der Waals surface area contributed by atoms with Gasteiger partial charge in [-0.1, -0.05) is 49.7 Å². The van der Waals surface area contributed by atoms with Gasteiger partial charge in [-0.2, -0.15) is 0 Å². The zero-order valence-electron chi connectivity index (χ0n) is 12.4. The van der Waals surface area contributed by atoms with Gasteiger partial charge in [-0.3, -0.25) is 4.79 Å². The molecule has 0 saturated heterocycles. The summed E-state index contributed by atoms with van der Waals surface area (Å²) in [5.41, 5.74) is 2.96. The van der Waals surface area contributed by atoms with Gasteiger partial charge in [-0.25, -0.2) is 0 Å². The molecule has 0 bridgehead atoms. The predicted octanol–water partition coefficient (Wildman–Crippen LogP) is 5.03. The van der Waals surface area contributed by atoms with Crippen LogP contribution in [0.1, 0.15) is 47.3 Å². The van der Waals surface area contributed by atoms with Gasteiger partial charge in [0.05, 0.1) is 11.6 Å². The van der Waals surface area contributed by atoms with Crippen LogP contribution in [-0.2, 0) is 0 Å². The summed E-state index contributed by atoms with van der Waals surface area (Å²) in [4.78, 5) is 12.5. The lowest BCUT2D eigenvalue weighted by atomic mass is 10.0. The molecule has 1 N–H and O–H groups in total. The molecule has 0 fully saturated rings. The van der Waals surface area contributed by atoms with Crippen LogP contribution in [0.4, 0.5) is 0 Å². The summed E-state index contributed by atoms with van der Waals surface area (Å²) in [6.07, 6.45) is 1.95. The van der Waals surface area contributed by atoms with E-state index in [4.69, 9.17) is 0 Å². The zero-order chi connectivity index (χ0) is 15.2. The lowest BCUT2D eigenvalue weighted by molar-refractivity contribution is 0.0933. The Bertz CT molecular complexity index is 610. The summed E-state index contributed by atoms with van der Waals surface area (Å²) in [6.45, 7) is 4.14. The molecule has 2 aromatic rings. The van der Waals surface area contributed by atoms with Crippen molar-refractivity contribution in [3.8, 4) is 0 Å². The minimum absolute atomic E-state index is 0.0378. The van der Waals surface area contributed by atoms with Crippen LogP contribution < -0.4 is 5.32 Å². The van der Waals surface area contributed by atoms with Crippen molar-refractivity contribution in [1.82, 2.24) is 5.32 Å². The Morgan fingerprint density at radius 1 is 1.19 bits per heavy atom. The first-order valence-electron chi connectivity index (χ1n) is 7.23. The number of hydrogen-bond donors (Lipinski definition) is 1. The highest BCUT2D eigenvalue weighted by molar-refractivity contribution is 9.10. The molecule has 1 amide bonds. The third kappa shape index (κ3) is 4.18. The first-order valence-corrected chi connectivity index (χ1v) is 8.03. The molecule has 0 aliphatic heterocycles. The van der Waals surface area contributed by atoms with E-state index >= 15 is 0 Å².